The van der Waals surface area contributed by atoms with Gasteiger partial charge in [-0.3, -0.25) is 0 Å². The number of hydrogen-bond donors (Lipinski definition) is 0. The summed E-state index contributed by atoms with van der Waals surface area (Å²) in [5.74, 6) is 0.421. The summed E-state index contributed by atoms with van der Waals surface area (Å²) in [6.45, 7) is 12.1. The average Bonchev–Trinajstić information content (AvgIpc) is 2.39. The van der Waals surface area contributed by atoms with Crippen LogP contribution in [0.4, 0.5) is 0 Å². The molecule has 0 aliphatic carbocycles. The molecule has 0 aromatic heterocycles. The summed E-state index contributed by atoms with van der Waals surface area (Å²) in [7, 11) is -2.78. The molecule has 19 heavy (non-hydrogen) atoms. The van der Waals surface area contributed by atoms with Crippen molar-refractivity contribution >= 4 is 14.0 Å². The van der Waals surface area contributed by atoms with Crippen LogP contribution in [-0.4, -0.2) is 28.6 Å². The zero-order valence-corrected chi connectivity index (χ0v) is 13.7. The van der Waals surface area contributed by atoms with Crippen LogP contribution in [0.3, 0.4) is 0 Å². The first-order valence-corrected chi connectivity index (χ1v) is 8.85. The maximum absolute atomic E-state index is 5.98. The molecule has 4 heteroatoms. The van der Waals surface area contributed by atoms with Gasteiger partial charge in [-0.15, -0.1) is 0 Å². The van der Waals surface area contributed by atoms with Gasteiger partial charge in [-0.05, 0) is 32.3 Å². The average molecular weight is 282 g/mol. The highest BCUT2D eigenvalue weighted by molar-refractivity contribution is 6.75. The van der Waals surface area contributed by atoms with E-state index in [1.54, 1.807) is 0 Å². The number of rotatable bonds is 8. The fraction of sp³-hybridized carbons (Fsp3) is 0.600. The van der Waals surface area contributed by atoms with Gasteiger partial charge >= 0.3 is 8.80 Å². The van der Waals surface area contributed by atoms with Gasteiger partial charge in [0, 0.05) is 25.0 Å². The second-order valence-corrected chi connectivity index (χ2v) is 7.11. The molecule has 0 aliphatic heterocycles. The minimum absolute atomic E-state index is 0.421. The molecule has 0 fully saturated rings. The first-order chi connectivity index (χ1) is 9.11. The van der Waals surface area contributed by atoms with Crippen molar-refractivity contribution in [1.29, 1.82) is 0 Å². The van der Waals surface area contributed by atoms with E-state index >= 15 is 0 Å². The Hall–Kier alpha value is -0.683. The molecule has 0 radical (unpaired) electrons. The molecule has 0 atom stereocenters. The molecule has 1 aromatic rings. The molecule has 1 aromatic carbocycles. The van der Waals surface area contributed by atoms with Gasteiger partial charge < -0.3 is 13.3 Å². The van der Waals surface area contributed by atoms with E-state index in [9.17, 15) is 0 Å². The Kier molecular flexibility index (Phi) is 6.72. The highest BCUT2D eigenvalue weighted by atomic mass is 28.4. The third-order valence-electron chi connectivity index (χ3n) is 2.92. The molecule has 0 heterocycles. The lowest BCUT2D eigenvalue weighted by Gasteiger charge is -2.31. The molecule has 0 N–H and O–H groups in total. The van der Waals surface area contributed by atoms with Gasteiger partial charge in [-0.2, -0.15) is 0 Å². The van der Waals surface area contributed by atoms with Crippen molar-refractivity contribution < 1.29 is 13.3 Å². The van der Waals surface area contributed by atoms with E-state index < -0.39 is 8.80 Å². The van der Waals surface area contributed by atoms with Gasteiger partial charge in [0.05, 0.1) is 0 Å². The molecular formula is C15H26O3Si. The third kappa shape index (κ3) is 3.89. The van der Waals surface area contributed by atoms with Crippen molar-refractivity contribution in [3.8, 4) is 0 Å². The molecular weight excluding hydrogens is 256 g/mol. The summed E-state index contributed by atoms with van der Waals surface area (Å²) in [4.78, 5) is 0. The van der Waals surface area contributed by atoms with Crippen molar-refractivity contribution in [2.45, 2.75) is 40.5 Å². The van der Waals surface area contributed by atoms with E-state index in [-0.39, 0.29) is 0 Å². The predicted molar refractivity (Wildman–Crippen MR) is 80.8 cm³/mol. The molecule has 0 unspecified atom stereocenters. The Morgan fingerprint density at radius 3 is 1.79 bits per heavy atom. The highest BCUT2D eigenvalue weighted by Gasteiger charge is 2.44. The topological polar surface area (TPSA) is 27.7 Å². The van der Waals surface area contributed by atoms with Crippen LogP contribution in [0.5, 0.6) is 0 Å². The lowest BCUT2D eigenvalue weighted by molar-refractivity contribution is 0.0857. The Bertz CT molecular complexity index is 362. The normalized spacial score (nSPS) is 12.1. The van der Waals surface area contributed by atoms with Crippen LogP contribution < -0.4 is 5.19 Å². The molecule has 0 spiro atoms. The van der Waals surface area contributed by atoms with E-state index in [4.69, 9.17) is 13.3 Å². The van der Waals surface area contributed by atoms with Crippen molar-refractivity contribution in [3.05, 3.63) is 29.8 Å². The first kappa shape index (κ1) is 16.4. The summed E-state index contributed by atoms with van der Waals surface area (Å²) in [5.41, 5.74) is 1.25. The van der Waals surface area contributed by atoms with Gasteiger partial charge in [-0.1, -0.05) is 38.1 Å². The third-order valence-corrected chi connectivity index (χ3v) is 6.04. The van der Waals surface area contributed by atoms with E-state index in [0.717, 1.165) is 5.19 Å². The minimum atomic E-state index is -2.78. The molecule has 1 rings (SSSR count). The van der Waals surface area contributed by atoms with E-state index in [0.29, 0.717) is 25.7 Å². The van der Waals surface area contributed by atoms with Crippen molar-refractivity contribution in [3.63, 3.8) is 0 Å². The fourth-order valence-electron chi connectivity index (χ4n) is 2.21. The van der Waals surface area contributed by atoms with Gasteiger partial charge in [-0.25, -0.2) is 0 Å². The molecule has 0 saturated heterocycles. The predicted octanol–water partition coefficient (Wildman–Crippen LogP) is 3.07. The van der Waals surface area contributed by atoms with Crippen molar-refractivity contribution in [2.75, 3.05) is 19.8 Å². The monoisotopic (exact) mass is 282 g/mol. The van der Waals surface area contributed by atoms with Crippen LogP contribution >= 0.6 is 0 Å². The van der Waals surface area contributed by atoms with Crippen LogP contribution in [0, 0.1) is 0 Å². The summed E-state index contributed by atoms with van der Waals surface area (Å²) in [6.07, 6.45) is 0. The van der Waals surface area contributed by atoms with Gasteiger partial charge in [0.15, 0.2) is 0 Å². The zero-order chi connectivity index (χ0) is 14.3. The smallest absolute Gasteiger partial charge is 0.370 e. The highest BCUT2D eigenvalue weighted by Crippen LogP contribution is 2.19. The SMILES string of the molecule is CCO[Si](OCC)(OCC)c1ccccc1C(C)C. The largest absolute Gasteiger partial charge is 0.537 e. The first-order valence-electron chi connectivity index (χ1n) is 7.12. The Balaban J connectivity index is 3.29. The van der Waals surface area contributed by atoms with E-state index in [2.05, 4.69) is 32.0 Å². The lowest BCUT2D eigenvalue weighted by Crippen LogP contribution is -2.58. The van der Waals surface area contributed by atoms with Crippen LogP contribution in [0.25, 0.3) is 0 Å². The number of benzene rings is 1. The second-order valence-electron chi connectivity index (χ2n) is 4.60. The maximum atomic E-state index is 5.98. The van der Waals surface area contributed by atoms with Gasteiger partial charge in [0.25, 0.3) is 0 Å². The molecule has 3 nitrogen and oxygen atoms in total. The van der Waals surface area contributed by atoms with Gasteiger partial charge in [0.1, 0.15) is 0 Å². The Labute approximate surface area is 118 Å². The quantitative estimate of drug-likeness (QED) is 0.686. The zero-order valence-electron chi connectivity index (χ0n) is 12.7. The van der Waals surface area contributed by atoms with Crippen LogP contribution in [0.2, 0.25) is 0 Å². The maximum Gasteiger partial charge on any atom is 0.537 e. The number of hydrogen-bond acceptors (Lipinski definition) is 3. The summed E-state index contributed by atoms with van der Waals surface area (Å²) < 4.78 is 17.9. The summed E-state index contributed by atoms with van der Waals surface area (Å²) in [6, 6.07) is 8.31. The van der Waals surface area contributed by atoms with Crippen LogP contribution in [-0.2, 0) is 13.3 Å². The Morgan fingerprint density at radius 1 is 0.895 bits per heavy atom. The molecule has 0 aliphatic rings. The standard InChI is InChI=1S/C15H26O3Si/c1-6-16-19(17-7-2,18-8-3)15-12-10-9-11-14(15)13(4)5/h9-13H,6-8H2,1-5H3. The van der Waals surface area contributed by atoms with Crippen molar-refractivity contribution in [1.82, 2.24) is 0 Å². The van der Waals surface area contributed by atoms with E-state index in [1.807, 2.05) is 26.8 Å². The second kappa shape index (κ2) is 7.80. The summed E-state index contributed by atoms with van der Waals surface area (Å²) in [5, 5.41) is 1.11. The van der Waals surface area contributed by atoms with Gasteiger partial charge in [0.2, 0.25) is 0 Å². The van der Waals surface area contributed by atoms with Crippen LogP contribution in [0.1, 0.15) is 46.1 Å². The molecule has 108 valence electrons. The minimum Gasteiger partial charge on any atom is -0.370 e. The molecule has 0 amide bonds. The lowest BCUT2D eigenvalue weighted by atomic mass is 10.0. The molecule has 0 saturated carbocycles. The van der Waals surface area contributed by atoms with Crippen LogP contribution in [0.15, 0.2) is 24.3 Å². The molecule has 0 bridgehead atoms. The summed E-state index contributed by atoms with van der Waals surface area (Å²) >= 11 is 0. The Morgan fingerprint density at radius 2 is 1.37 bits per heavy atom. The fourth-order valence-corrected chi connectivity index (χ4v) is 5.09. The van der Waals surface area contributed by atoms with Crippen molar-refractivity contribution in [2.24, 2.45) is 0 Å². The van der Waals surface area contributed by atoms with E-state index in [1.165, 1.54) is 5.56 Å².